The zero-order chi connectivity index (χ0) is 11.2. The summed E-state index contributed by atoms with van der Waals surface area (Å²) in [7, 11) is 0. The molecule has 7 aliphatic carbocycles. The second-order valence-electron chi connectivity index (χ2n) is 8.83. The third-order valence-corrected chi connectivity index (χ3v) is 9.01. The summed E-state index contributed by atoms with van der Waals surface area (Å²) in [4.78, 5) is 0. The second-order valence-corrected chi connectivity index (χ2v) is 8.83. The molecule has 2 bridgehead atoms. The first-order chi connectivity index (χ1) is 8.91. The van der Waals surface area contributed by atoms with Crippen molar-refractivity contribution < 1.29 is 0 Å². The van der Waals surface area contributed by atoms with Crippen LogP contribution in [0.2, 0.25) is 0 Å². The summed E-state index contributed by atoms with van der Waals surface area (Å²) in [6, 6.07) is 0. The maximum atomic E-state index is 2.10. The van der Waals surface area contributed by atoms with Crippen LogP contribution in [0.1, 0.15) is 44.9 Å². The fraction of sp³-hybridized carbons (Fsp3) is 0.889. The molecule has 9 atom stereocenters. The highest BCUT2D eigenvalue weighted by atomic mass is 14.9. The van der Waals surface area contributed by atoms with Gasteiger partial charge in [-0.15, -0.1) is 0 Å². The Morgan fingerprint density at radius 2 is 1.67 bits per heavy atom. The second kappa shape index (κ2) is 2.27. The Balaban J connectivity index is 1.42. The number of fused-ring (bicyclic) bond motifs is 2. The molecule has 7 unspecified atom stereocenters. The van der Waals surface area contributed by atoms with Crippen LogP contribution >= 0.6 is 0 Å². The number of hydrogen-bond acceptors (Lipinski definition) is 0. The van der Waals surface area contributed by atoms with Gasteiger partial charge in [0, 0.05) is 0 Å². The van der Waals surface area contributed by atoms with Crippen molar-refractivity contribution in [1.29, 1.82) is 0 Å². The highest BCUT2D eigenvalue weighted by Crippen LogP contribution is 2.93. The Hall–Kier alpha value is -0.260. The van der Waals surface area contributed by atoms with Gasteiger partial charge in [-0.05, 0) is 84.9 Å². The van der Waals surface area contributed by atoms with Gasteiger partial charge in [0.1, 0.15) is 0 Å². The molecule has 7 aliphatic rings. The predicted octanol–water partition coefficient (Wildman–Crippen LogP) is 4.02. The Morgan fingerprint density at radius 3 is 2.39 bits per heavy atom. The van der Waals surface area contributed by atoms with E-state index in [-0.39, 0.29) is 0 Å². The largest absolute Gasteiger partial charge is 0.0661 e. The van der Waals surface area contributed by atoms with Crippen LogP contribution in [-0.4, -0.2) is 0 Å². The van der Waals surface area contributed by atoms with Gasteiger partial charge in [0.15, 0.2) is 0 Å². The van der Waals surface area contributed by atoms with E-state index in [2.05, 4.69) is 11.1 Å². The molecule has 94 valence electrons. The van der Waals surface area contributed by atoms with Crippen LogP contribution in [0.4, 0.5) is 0 Å². The molecule has 0 aromatic heterocycles. The van der Waals surface area contributed by atoms with Crippen molar-refractivity contribution in [2.24, 2.45) is 52.8 Å². The molecule has 0 heterocycles. The van der Waals surface area contributed by atoms with E-state index in [9.17, 15) is 0 Å². The van der Waals surface area contributed by atoms with Gasteiger partial charge in [-0.3, -0.25) is 0 Å². The molecule has 1 spiro atoms. The zero-order valence-corrected chi connectivity index (χ0v) is 11.1. The van der Waals surface area contributed by atoms with Gasteiger partial charge in [-0.25, -0.2) is 0 Å². The molecule has 0 aromatic rings. The van der Waals surface area contributed by atoms with Crippen molar-refractivity contribution in [1.82, 2.24) is 0 Å². The molecule has 0 saturated heterocycles. The third-order valence-electron chi connectivity index (χ3n) is 9.01. The predicted molar refractivity (Wildman–Crippen MR) is 69.7 cm³/mol. The average Bonchev–Trinajstić information content (AvgIpc) is 3.05. The number of hydrogen-bond donors (Lipinski definition) is 0. The number of allylic oxidation sites excluding steroid dienone is 2. The SMILES string of the molecule is C1CC[C@H]2C(=C3CC45C6CC7C(CC4C75)C36)[C@H]2C1. The Kier molecular flexibility index (Phi) is 1.11. The van der Waals surface area contributed by atoms with Gasteiger partial charge in [0.05, 0.1) is 0 Å². The normalized spacial score (nSPS) is 76.0. The van der Waals surface area contributed by atoms with Crippen molar-refractivity contribution in [2.75, 3.05) is 0 Å². The van der Waals surface area contributed by atoms with Gasteiger partial charge in [-0.1, -0.05) is 24.0 Å². The molecule has 0 aromatic carbocycles. The third kappa shape index (κ3) is 0.629. The Labute approximate surface area is 109 Å². The molecule has 18 heavy (non-hydrogen) atoms. The summed E-state index contributed by atoms with van der Waals surface area (Å²) in [5.74, 6) is 9.48. The summed E-state index contributed by atoms with van der Waals surface area (Å²) in [6.07, 6.45) is 11.2. The lowest BCUT2D eigenvalue weighted by molar-refractivity contribution is 0.190. The highest BCUT2D eigenvalue weighted by Gasteiger charge is 2.87. The van der Waals surface area contributed by atoms with E-state index in [1.807, 2.05) is 0 Å². The van der Waals surface area contributed by atoms with E-state index in [0.717, 1.165) is 23.2 Å². The van der Waals surface area contributed by atoms with Gasteiger partial charge in [-0.2, -0.15) is 0 Å². The fourth-order valence-electron chi connectivity index (χ4n) is 8.84. The van der Waals surface area contributed by atoms with Crippen LogP contribution in [-0.2, 0) is 0 Å². The molecule has 7 saturated carbocycles. The van der Waals surface area contributed by atoms with Gasteiger partial charge in [0.2, 0.25) is 0 Å². The Bertz CT molecular complexity index is 514. The summed E-state index contributed by atoms with van der Waals surface area (Å²) in [5, 5.41) is 0. The van der Waals surface area contributed by atoms with Crippen molar-refractivity contribution in [3.05, 3.63) is 11.1 Å². The zero-order valence-electron chi connectivity index (χ0n) is 11.1. The van der Waals surface area contributed by atoms with Crippen molar-refractivity contribution in [3.8, 4) is 0 Å². The van der Waals surface area contributed by atoms with Gasteiger partial charge in [0.25, 0.3) is 0 Å². The lowest BCUT2D eigenvalue weighted by Crippen LogP contribution is -2.25. The van der Waals surface area contributed by atoms with Crippen LogP contribution in [0.3, 0.4) is 0 Å². The van der Waals surface area contributed by atoms with Gasteiger partial charge >= 0.3 is 0 Å². The quantitative estimate of drug-likeness (QED) is 0.559. The minimum atomic E-state index is 0.943. The smallest absolute Gasteiger partial charge is 0.0132 e. The number of rotatable bonds is 0. The van der Waals surface area contributed by atoms with Crippen molar-refractivity contribution in [2.45, 2.75) is 44.9 Å². The fourth-order valence-corrected chi connectivity index (χ4v) is 8.84. The molecule has 0 heteroatoms. The van der Waals surface area contributed by atoms with Gasteiger partial charge < -0.3 is 0 Å². The molecule has 0 radical (unpaired) electrons. The molecular formula is C18H22. The van der Waals surface area contributed by atoms with E-state index in [1.165, 1.54) is 42.4 Å². The van der Waals surface area contributed by atoms with E-state index >= 15 is 0 Å². The minimum absolute atomic E-state index is 0.943. The van der Waals surface area contributed by atoms with Crippen molar-refractivity contribution >= 4 is 0 Å². The molecule has 0 aliphatic heterocycles. The first-order valence-electron chi connectivity index (χ1n) is 8.64. The van der Waals surface area contributed by atoms with Crippen LogP contribution in [0, 0.1) is 52.8 Å². The average molecular weight is 238 g/mol. The lowest BCUT2D eigenvalue weighted by Gasteiger charge is -2.29. The molecule has 0 amide bonds. The maximum Gasteiger partial charge on any atom is -0.0132 e. The van der Waals surface area contributed by atoms with Crippen LogP contribution in [0.5, 0.6) is 0 Å². The van der Waals surface area contributed by atoms with Crippen LogP contribution in [0.15, 0.2) is 11.1 Å². The highest BCUT2D eigenvalue weighted by molar-refractivity contribution is 5.49. The first kappa shape index (κ1) is 8.82. The summed E-state index contributed by atoms with van der Waals surface area (Å²) >= 11 is 0. The Morgan fingerprint density at radius 1 is 0.889 bits per heavy atom. The van der Waals surface area contributed by atoms with E-state index in [4.69, 9.17) is 0 Å². The van der Waals surface area contributed by atoms with E-state index in [0.29, 0.717) is 0 Å². The van der Waals surface area contributed by atoms with Crippen LogP contribution < -0.4 is 0 Å². The minimum Gasteiger partial charge on any atom is -0.0661 e. The summed E-state index contributed by atoms with van der Waals surface area (Å²) in [6.45, 7) is 0. The summed E-state index contributed by atoms with van der Waals surface area (Å²) in [5.41, 5.74) is 5.11. The van der Waals surface area contributed by atoms with E-state index < -0.39 is 0 Å². The van der Waals surface area contributed by atoms with Crippen LogP contribution in [0.25, 0.3) is 0 Å². The summed E-state index contributed by atoms with van der Waals surface area (Å²) < 4.78 is 0. The lowest BCUT2D eigenvalue weighted by atomic mass is 9.74. The molecule has 0 nitrogen and oxygen atoms in total. The topological polar surface area (TPSA) is 0 Å². The maximum absolute atomic E-state index is 2.10. The monoisotopic (exact) mass is 238 g/mol. The van der Waals surface area contributed by atoms with E-state index in [1.54, 1.807) is 32.1 Å². The molecule has 0 N–H and O–H groups in total. The molecule has 7 fully saturated rings. The first-order valence-corrected chi connectivity index (χ1v) is 8.64. The molecule has 7 rings (SSSR count). The van der Waals surface area contributed by atoms with Crippen molar-refractivity contribution in [3.63, 3.8) is 0 Å². The standard InChI is InChI=1S/C18H22/c1-2-4-9-8(3-1)15(9)12-7-18-13-6-11-10(16(12)13)5-14(18)17(11)18/h8-11,13-14,16-17H,1-7H2/t8-,9+,10?,11?,13?,14?,16?,17?,18?. The molecular weight excluding hydrogens is 216 g/mol.